The summed E-state index contributed by atoms with van der Waals surface area (Å²) in [6.07, 6.45) is 0. The van der Waals surface area contributed by atoms with Gasteiger partial charge in [-0.3, -0.25) is 0 Å². The average molecular weight is 275 g/mol. The Balaban J connectivity index is 2.14. The lowest BCUT2D eigenvalue weighted by Crippen LogP contribution is -2.64. The zero-order valence-corrected chi connectivity index (χ0v) is 12.4. The van der Waals surface area contributed by atoms with Crippen LogP contribution >= 0.6 is 0 Å². The number of fused-ring (bicyclic) bond motifs is 3. The van der Waals surface area contributed by atoms with E-state index in [1.165, 1.54) is 5.56 Å². The highest BCUT2D eigenvalue weighted by Crippen LogP contribution is 2.48. The topological polar surface area (TPSA) is 58.8 Å². The number of primary amides is 1. The van der Waals surface area contributed by atoms with E-state index in [4.69, 9.17) is 10.5 Å². The molecule has 1 unspecified atom stereocenters. The summed E-state index contributed by atoms with van der Waals surface area (Å²) in [4.78, 5) is 15.5. The first-order valence-corrected chi connectivity index (χ1v) is 6.86. The normalized spacial score (nSPS) is 26.8. The standard InChI is InChI=1S/C15H21N3O2/c1-10-5-6-12-11(7-10)18-9-17(13(16)19)8-15(18,4)14(2,3)20-12/h5-7H,8-9H2,1-4H3,(H2,16,19). The molecule has 0 radical (unpaired) electrons. The fourth-order valence-electron chi connectivity index (χ4n) is 3.15. The summed E-state index contributed by atoms with van der Waals surface area (Å²) in [5.74, 6) is 0.865. The van der Waals surface area contributed by atoms with E-state index < -0.39 is 5.60 Å². The minimum absolute atomic E-state index is 0.289. The van der Waals surface area contributed by atoms with Crippen LogP contribution in [-0.4, -0.2) is 35.3 Å². The molecular formula is C15H21N3O2. The minimum atomic E-state index is -0.403. The third kappa shape index (κ3) is 1.58. The second-order valence-corrected chi connectivity index (χ2v) is 6.46. The van der Waals surface area contributed by atoms with Crippen LogP contribution in [0.3, 0.4) is 0 Å². The first kappa shape index (κ1) is 13.1. The van der Waals surface area contributed by atoms with Gasteiger partial charge in [-0.2, -0.15) is 0 Å². The summed E-state index contributed by atoms with van der Waals surface area (Å²) in [6.45, 7) is 9.39. The van der Waals surface area contributed by atoms with Gasteiger partial charge in [0.15, 0.2) is 0 Å². The van der Waals surface area contributed by atoms with Gasteiger partial charge < -0.3 is 20.3 Å². The molecule has 1 aromatic rings. The molecule has 1 atom stereocenters. The van der Waals surface area contributed by atoms with Crippen molar-refractivity contribution >= 4 is 11.7 Å². The van der Waals surface area contributed by atoms with Crippen LogP contribution < -0.4 is 15.4 Å². The monoisotopic (exact) mass is 275 g/mol. The predicted octanol–water partition coefficient (Wildman–Crippen LogP) is 2.08. The van der Waals surface area contributed by atoms with Gasteiger partial charge in [0, 0.05) is 0 Å². The Morgan fingerprint density at radius 1 is 1.35 bits per heavy atom. The molecule has 2 N–H and O–H groups in total. The Bertz CT molecular complexity index is 584. The van der Waals surface area contributed by atoms with Crippen molar-refractivity contribution in [2.45, 2.75) is 38.8 Å². The third-order valence-electron chi connectivity index (χ3n) is 4.79. The maximum atomic E-state index is 11.6. The van der Waals surface area contributed by atoms with Crippen molar-refractivity contribution in [3.05, 3.63) is 23.8 Å². The van der Waals surface area contributed by atoms with Crippen LogP contribution in [0.5, 0.6) is 5.75 Å². The van der Waals surface area contributed by atoms with Crippen molar-refractivity contribution < 1.29 is 9.53 Å². The number of urea groups is 1. The summed E-state index contributed by atoms with van der Waals surface area (Å²) < 4.78 is 6.20. The van der Waals surface area contributed by atoms with E-state index in [1.807, 2.05) is 12.1 Å². The molecule has 1 aromatic carbocycles. The SMILES string of the molecule is Cc1ccc2c(c1)N1CN(C(N)=O)CC1(C)C(C)(C)O2. The highest BCUT2D eigenvalue weighted by atomic mass is 16.5. The number of hydrogen-bond acceptors (Lipinski definition) is 3. The Morgan fingerprint density at radius 2 is 2.05 bits per heavy atom. The highest BCUT2D eigenvalue weighted by molar-refractivity contribution is 5.75. The van der Waals surface area contributed by atoms with Crippen molar-refractivity contribution in [3.8, 4) is 5.75 Å². The molecule has 108 valence electrons. The quantitative estimate of drug-likeness (QED) is 0.788. The Labute approximate surface area is 119 Å². The smallest absolute Gasteiger partial charge is 0.316 e. The van der Waals surface area contributed by atoms with E-state index >= 15 is 0 Å². The summed E-state index contributed by atoms with van der Waals surface area (Å²) in [6, 6.07) is 5.76. The molecule has 0 saturated carbocycles. The average Bonchev–Trinajstić information content (AvgIpc) is 2.71. The number of anilines is 1. The van der Waals surface area contributed by atoms with E-state index in [0.29, 0.717) is 13.2 Å². The Morgan fingerprint density at radius 3 is 2.70 bits per heavy atom. The number of nitrogens with zero attached hydrogens (tertiary/aromatic N) is 2. The molecular weight excluding hydrogens is 254 g/mol. The number of rotatable bonds is 0. The van der Waals surface area contributed by atoms with Gasteiger partial charge in [-0.15, -0.1) is 0 Å². The van der Waals surface area contributed by atoms with Crippen LogP contribution in [0.25, 0.3) is 0 Å². The number of amides is 2. The van der Waals surface area contributed by atoms with Gasteiger partial charge in [0.25, 0.3) is 0 Å². The predicted molar refractivity (Wildman–Crippen MR) is 77.9 cm³/mol. The van der Waals surface area contributed by atoms with Crippen LogP contribution in [0, 0.1) is 6.92 Å². The molecule has 0 aliphatic carbocycles. The van der Waals surface area contributed by atoms with E-state index in [0.717, 1.165) is 11.4 Å². The number of aryl methyl sites for hydroxylation is 1. The molecule has 2 aliphatic rings. The molecule has 2 heterocycles. The molecule has 1 fully saturated rings. The zero-order valence-electron chi connectivity index (χ0n) is 12.4. The molecule has 2 aliphatic heterocycles. The largest absolute Gasteiger partial charge is 0.483 e. The lowest BCUT2D eigenvalue weighted by atomic mass is 9.81. The molecule has 5 heteroatoms. The summed E-state index contributed by atoms with van der Waals surface area (Å²) in [5, 5.41) is 0. The van der Waals surface area contributed by atoms with Crippen LogP contribution in [-0.2, 0) is 0 Å². The lowest BCUT2D eigenvalue weighted by molar-refractivity contribution is 0.0243. The van der Waals surface area contributed by atoms with Crippen LogP contribution in [0.1, 0.15) is 26.3 Å². The van der Waals surface area contributed by atoms with Gasteiger partial charge in [-0.05, 0) is 45.4 Å². The van der Waals surface area contributed by atoms with Crippen molar-refractivity contribution in [2.24, 2.45) is 5.73 Å². The van der Waals surface area contributed by atoms with Crippen LogP contribution in [0.4, 0.5) is 10.5 Å². The van der Waals surface area contributed by atoms with Crippen molar-refractivity contribution in [1.82, 2.24) is 4.90 Å². The molecule has 0 aromatic heterocycles. The summed E-state index contributed by atoms with van der Waals surface area (Å²) in [7, 11) is 0. The molecule has 3 rings (SSSR count). The van der Waals surface area contributed by atoms with E-state index in [-0.39, 0.29) is 11.6 Å². The second-order valence-electron chi connectivity index (χ2n) is 6.46. The number of nitrogens with two attached hydrogens (primary N) is 1. The van der Waals surface area contributed by atoms with Crippen molar-refractivity contribution in [1.29, 1.82) is 0 Å². The second kappa shape index (κ2) is 3.81. The van der Waals surface area contributed by atoms with Gasteiger partial charge in [-0.25, -0.2) is 4.79 Å². The van der Waals surface area contributed by atoms with Gasteiger partial charge in [0.05, 0.1) is 24.4 Å². The minimum Gasteiger partial charge on any atom is -0.483 e. The first-order chi connectivity index (χ1) is 9.24. The number of carbonyl (C=O) groups excluding carboxylic acids is 1. The lowest BCUT2D eigenvalue weighted by Gasteiger charge is -2.51. The summed E-state index contributed by atoms with van der Waals surface area (Å²) >= 11 is 0. The number of carbonyl (C=O) groups is 1. The van der Waals surface area contributed by atoms with Gasteiger partial charge in [0.2, 0.25) is 0 Å². The zero-order chi connectivity index (χ0) is 14.7. The molecule has 5 nitrogen and oxygen atoms in total. The van der Waals surface area contributed by atoms with Gasteiger partial charge in [0.1, 0.15) is 11.4 Å². The summed E-state index contributed by atoms with van der Waals surface area (Å²) in [5.41, 5.74) is 6.99. The maximum Gasteiger partial charge on any atom is 0.316 e. The van der Waals surface area contributed by atoms with Crippen molar-refractivity contribution in [2.75, 3.05) is 18.1 Å². The molecule has 0 spiro atoms. The van der Waals surface area contributed by atoms with Gasteiger partial charge >= 0.3 is 6.03 Å². The molecule has 20 heavy (non-hydrogen) atoms. The number of hydrogen-bond donors (Lipinski definition) is 1. The first-order valence-electron chi connectivity index (χ1n) is 6.86. The molecule has 2 amide bonds. The third-order valence-corrected chi connectivity index (χ3v) is 4.79. The van der Waals surface area contributed by atoms with Crippen LogP contribution in [0.15, 0.2) is 18.2 Å². The fraction of sp³-hybridized carbons (Fsp3) is 0.533. The van der Waals surface area contributed by atoms with Gasteiger partial charge in [-0.1, -0.05) is 6.07 Å². The fourth-order valence-corrected chi connectivity index (χ4v) is 3.15. The van der Waals surface area contributed by atoms with E-state index in [9.17, 15) is 4.79 Å². The Hall–Kier alpha value is -1.91. The Kier molecular flexibility index (Phi) is 2.49. The van der Waals surface area contributed by atoms with Crippen molar-refractivity contribution in [3.63, 3.8) is 0 Å². The number of ether oxygens (including phenoxy) is 1. The maximum absolute atomic E-state index is 11.6. The van der Waals surface area contributed by atoms with E-state index in [1.54, 1.807) is 4.90 Å². The molecule has 1 saturated heterocycles. The highest BCUT2D eigenvalue weighted by Gasteiger charge is 2.57. The van der Waals surface area contributed by atoms with E-state index in [2.05, 4.69) is 38.7 Å². The number of benzene rings is 1. The molecule has 0 bridgehead atoms. The van der Waals surface area contributed by atoms with Crippen LogP contribution in [0.2, 0.25) is 0 Å².